The molecule has 4 rings (SSSR count). The number of epoxide rings is 2. The molecule has 144 valence electrons. The van der Waals surface area contributed by atoms with Gasteiger partial charge in [0.05, 0.1) is 33.0 Å². The lowest BCUT2D eigenvalue weighted by atomic mass is 10.3. The molecule has 0 bridgehead atoms. The minimum Gasteiger partial charge on any atom is -0.489 e. The molecule has 2 heterocycles. The molecule has 2 aliphatic heterocycles. The van der Waals surface area contributed by atoms with Crippen LogP contribution < -0.4 is 9.47 Å². The summed E-state index contributed by atoms with van der Waals surface area (Å²) in [6.07, 6.45) is 0.164. The largest absolute Gasteiger partial charge is 0.489 e. The summed E-state index contributed by atoms with van der Waals surface area (Å²) in [5, 5.41) is 0.430. The van der Waals surface area contributed by atoms with Crippen LogP contribution in [0.2, 0.25) is 10.0 Å². The number of hydrogen-bond acceptors (Lipinski definition) is 6. The summed E-state index contributed by atoms with van der Waals surface area (Å²) in [7, 11) is -3.78. The lowest BCUT2D eigenvalue weighted by Crippen LogP contribution is -2.07. The van der Waals surface area contributed by atoms with Crippen LogP contribution in [-0.2, 0) is 19.3 Å². The molecule has 2 fully saturated rings. The van der Waals surface area contributed by atoms with Crippen LogP contribution in [0.4, 0.5) is 0 Å². The van der Waals surface area contributed by atoms with Gasteiger partial charge >= 0.3 is 0 Å². The first-order valence-electron chi connectivity index (χ1n) is 8.26. The maximum Gasteiger partial charge on any atom is 0.206 e. The van der Waals surface area contributed by atoms with Gasteiger partial charge in [0.1, 0.15) is 36.9 Å². The zero-order valence-corrected chi connectivity index (χ0v) is 16.4. The maximum atomic E-state index is 12.9. The van der Waals surface area contributed by atoms with Gasteiger partial charge in [-0.15, -0.1) is 0 Å². The summed E-state index contributed by atoms with van der Waals surface area (Å²) < 4.78 is 46.9. The van der Waals surface area contributed by atoms with Gasteiger partial charge in [-0.05, 0) is 36.4 Å². The Balaban J connectivity index is 1.52. The fourth-order valence-corrected chi connectivity index (χ4v) is 4.27. The van der Waals surface area contributed by atoms with Gasteiger partial charge in [-0.3, -0.25) is 0 Å². The Labute approximate surface area is 166 Å². The normalized spacial score (nSPS) is 21.0. The van der Waals surface area contributed by atoms with Crippen molar-refractivity contribution in [2.45, 2.75) is 22.0 Å². The Morgan fingerprint density at radius 3 is 1.59 bits per heavy atom. The van der Waals surface area contributed by atoms with Gasteiger partial charge in [0.25, 0.3) is 0 Å². The second kappa shape index (κ2) is 7.48. The van der Waals surface area contributed by atoms with Crippen molar-refractivity contribution < 1.29 is 27.4 Å². The summed E-state index contributed by atoms with van der Waals surface area (Å²) in [6.45, 7) is 2.10. The van der Waals surface area contributed by atoms with Crippen molar-refractivity contribution >= 4 is 33.0 Å². The molecule has 6 nitrogen and oxygen atoms in total. The average Bonchev–Trinajstić information content (AvgIpc) is 3.54. The molecule has 2 unspecified atom stereocenters. The van der Waals surface area contributed by atoms with Crippen LogP contribution in [0, 0.1) is 0 Å². The second-order valence-electron chi connectivity index (χ2n) is 6.22. The molecule has 0 N–H and O–H groups in total. The van der Waals surface area contributed by atoms with E-state index >= 15 is 0 Å². The summed E-state index contributed by atoms with van der Waals surface area (Å²) in [6, 6.07) is 8.70. The minimum absolute atomic E-state index is 0.0543. The highest BCUT2D eigenvalue weighted by atomic mass is 35.5. The van der Waals surface area contributed by atoms with Crippen LogP contribution in [0.25, 0.3) is 0 Å². The molecular formula is C18H16Cl2O6S. The van der Waals surface area contributed by atoms with Crippen LogP contribution in [0.3, 0.4) is 0 Å². The monoisotopic (exact) mass is 430 g/mol. The van der Waals surface area contributed by atoms with Crippen LogP contribution in [0.15, 0.2) is 46.2 Å². The molecule has 0 aromatic heterocycles. The maximum absolute atomic E-state index is 12.9. The molecule has 0 aliphatic carbocycles. The predicted molar refractivity (Wildman–Crippen MR) is 98.8 cm³/mol. The lowest BCUT2D eigenvalue weighted by molar-refractivity contribution is 0.263. The first-order valence-corrected chi connectivity index (χ1v) is 10.5. The summed E-state index contributed by atoms with van der Waals surface area (Å²) >= 11 is 12.3. The van der Waals surface area contributed by atoms with E-state index in [0.717, 1.165) is 0 Å². The number of hydrogen-bond donors (Lipinski definition) is 0. The predicted octanol–water partition coefficient (Wildman–Crippen LogP) is 3.38. The fourth-order valence-electron chi connectivity index (χ4n) is 2.36. The van der Waals surface area contributed by atoms with Gasteiger partial charge in [-0.2, -0.15) is 0 Å². The van der Waals surface area contributed by atoms with E-state index in [1.807, 2.05) is 0 Å². The number of sulfone groups is 1. The molecule has 2 aromatic carbocycles. The Hall–Kier alpha value is -1.51. The third-order valence-electron chi connectivity index (χ3n) is 4.08. The number of halogens is 2. The van der Waals surface area contributed by atoms with E-state index in [4.69, 9.17) is 42.1 Å². The molecule has 9 heteroatoms. The Morgan fingerprint density at radius 2 is 1.26 bits per heavy atom. The first kappa shape index (κ1) is 18.8. The van der Waals surface area contributed by atoms with Crippen molar-refractivity contribution in [3.63, 3.8) is 0 Å². The third kappa shape index (κ3) is 4.50. The SMILES string of the molecule is O=S(=O)(c1ccc(OCC2CO2)c(Cl)c1)c1ccc(OCC2CO2)c(Cl)c1. The van der Waals surface area contributed by atoms with Crippen molar-refractivity contribution in [1.82, 2.24) is 0 Å². The first-order chi connectivity index (χ1) is 12.9. The van der Waals surface area contributed by atoms with E-state index in [1.165, 1.54) is 36.4 Å². The molecule has 0 saturated carbocycles. The molecule has 0 spiro atoms. The molecule has 2 saturated heterocycles. The number of ether oxygens (including phenoxy) is 4. The minimum atomic E-state index is -3.78. The third-order valence-corrected chi connectivity index (χ3v) is 6.42. The topological polar surface area (TPSA) is 77.7 Å². The molecule has 2 atom stereocenters. The van der Waals surface area contributed by atoms with E-state index in [0.29, 0.717) is 37.9 Å². The van der Waals surface area contributed by atoms with Crippen molar-refractivity contribution in [3.05, 3.63) is 46.4 Å². The zero-order valence-electron chi connectivity index (χ0n) is 14.1. The smallest absolute Gasteiger partial charge is 0.206 e. The highest BCUT2D eigenvalue weighted by Gasteiger charge is 2.26. The number of rotatable bonds is 8. The van der Waals surface area contributed by atoms with Crippen LogP contribution >= 0.6 is 23.2 Å². The van der Waals surface area contributed by atoms with Gasteiger partial charge < -0.3 is 18.9 Å². The Bertz CT molecular complexity index is 883. The average molecular weight is 431 g/mol. The van der Waals surface area contributed by atoms with Crippen LogP contribution in [-0.4, -0.2) is 47.1 Å². The van der Waals surface area contributed by atoms with Crippen LogP contribution in [0.1, 0.15) is 0 Å². The van der Waals surface area contributed by atoms with Crippen molar-refractivity contribution in [1.29, 1.82) is 0 Å². The van der Waals surface area contributed by atoms with Gasteiger partial charge in [0, 0.05) is 0 Å². The van der Waals surface area contributed by atoms with E-state index in [-0.39, 0.29) is 32.0 Å². The molecule has 0 amide bonds. The molecular weight excluding hydrogens is 415 g/mol. The standard InChI is InChI=1S/C18H16Cl2O6S/c19-15-5-13(1-3-17(15)25-9-11-7-23-11)27(21,22)14-2-4-18(16(20)6-14)26-10-12-8-24-12/h1-6,11-12H,7-10H2. The zero-order chi connectivity index (χ0) is 19.0. The van der Waals surface area contributed by atoms with Gasteiger partial charge in [0.15, 0.2) is 0 Å². The molecule has 2 aliphatic rings. The van der Waals surface area contributed by atoms with E-state index in [1.54, 1.807) is 0 Å². The summed E-state index contributed by atoms with van der Waals surface area (Å²) in [5.74, 6) is 0.824. The summed E-state index contributed by atoms with van der Waals surface area (Å²) in [4.78, 5) is 0.109. The fraction of sp³-hybridized carbons (Fsp3) is 0.333. The molecule has 27 heavy (non-hydrogen) atoms. The highest BCUT2D eigenvalue weighted by Crippen LogP contribution is 2.34. The quantitative estimate of drug-likeness (QED) is 0.597. The lowest BCUT2D eigenvalue weighted by Gasteiger charge is -2.11. The van der Waals surface area contributed by atoms with E-state index in [9.17, 15) is 8.42 Å². The van der Waals surface area contributed by atoms with Gasteiger partial charge in [-0.25, -0.2) is 8.42 Å². The van der Waals surface area contributed by atoms with Gasteiger partial charge in [-0.1, -0.05) is 23.2 Å². The van der Waals surface area contributed by atoms with Crippen molar-refractivity contribution in [2.24, 2.45) is 0 Å². The van der Waals surface area contributed by atoms with E-state index in [2.05, 4.69) is 0 Å². The van der Waals surface area contributed by atoms with Crippen molar-refractivity contribution in [3.8, 4) is 11.5 Å². The second-order valence-corrected chi connectivity index (χ2v) is 8.98. The molecule has 0 radical (unpaired) electrons. The van der Waals surface area contributed by atoms with E-state index < -0.39 is 9.84 Å². The van der Waals surface area contributed by atoms with Crippen molar-refractivity contribution in [2.75, 3.05) is 26.4 Å². The summed E-state index contributed by atoms with van der Waals surface area (Å²) in [5.41, 5.74) is 0. The highest BCUT2D eigenvalue weighted by molar-refractivity contribution is 7.91. The Morgan fingerprint density at radius 1 is 0.852 bits per heavy atom. The molecule has 2 aromatic rings. The van der Waals surface area contributed by atoms with Crippen LogP contribution in [0.5, 0.6) is 11.5 Å². The number of benzene rings is 2. The Kier molecular flexibility index (Phi) is 5.22. The van der Waals surface area contributed by atoms with Gasteiger partial charge in [0.2, 0.25) is 9.84 Å².